The van der Waals surface area contributed by atoms with Crippen LogP contribution in [-0.2, 0) is 0 Å². The number of hydrogen-bond donors (Lipinski definition) is 0. The zero-order chi connectivity index (χ0) is 28.5. The van der Waals surface area contributed by atoms with Crippen LogP contribution in [0, 0.1) is 6.92 Å². The van der Waals surface area contributed by atoms with Crippen LogP contribution in [0.5, 0.6) is 0 Å². The van der Waals surface area contributed by atoms with E-state index in [-0.39, 0.29) is 0 Å². The number of hydrogen-bond acceptors (Lipinski definition) is 3. The Bertz CT molecular complexity index is 1970. The fraction of sp³-hybridized carbons (Fsp3) is 0.0513. The normalized spacial score (nSPS) is 11.1. The van der Waals surface area contributed by atoms with Crippen molar-refractivity contribution in [3.8, 4) is 44.8 Å². The first kappa shape index (κ1) is 25.6. The van der Waals surface area contributed by atoms with Crippen molar-refractivity contribution < 1.29 is 4.42 Å². The van der Waals surface area contributed by atoms with Crippen LogP contribution in [-0.4, -0.2) is 12.0 Å². The molecule has 0 saturated carbocycles. The number of benzene rings is 6. The number of para-hydroxylation sites is 2. The summed E-state index contributed by atoms with van der Waals surface area (Å²) in [5, 5.41) is 0. The Morgan fingerprint density at radius 2 is 1.05 bits per heavy atom. The van der Waals surface area contributed by atoms with Gasteiger partial charge in [0.1, 0.15) is 5.52 Å². The van der Waals surface area contributed by atoms with E-state index in [0.717, 1.165) is 27.9 Å². The molecule has 0 spiro atoms. The van der Waals surface area contributed by atoms with Crippen LogP contribution in [0.4, 0.5) is 11.4 Å². The Morgan fingerprint density at radius 3 is 1.67 bits per heavy atom. The maximum absolute atomic E-state index is 6.00. The molecule has 0 fully saturated rings. The molecule has 0 atom stereocenters. The molecule has 0 aliphatic rings. The molecule has 0 bridgehead atoms. The van der Waals surface area contributed by atoms with E-state index in [0.29, 0.717) is 5.89 Å². The average Bonchev–Trinajstić information content (AvgIpc) is 3.49. The summed E-state index contributed by atoms with van der Waals surface area (Å²) in [6, 6.07) is 51.1. The molecule has 0 saturated heterocycles. The zero-order valence-corrected chi connectivity index (χ0v) is 23.7. The molecular formula is C39H30N2O. The summed E-state index contributed by atoms with van der Waals surface area (Å²) in [5.74, 6) is 0.637. The van der Waals surface area contributed by atoms with Crippen LogP contribution < -0.4 is 4.90 Å². The van der Waals surface area contributed by atoms with E-state index in [1.807, 2.05) is 24.3 Å². The van der Waals surface area contributed by atoms with Crippen molar-refractivity contribution in [3.05, 3.63) is 151 Å². The highest BCUT2D eigenvalue weighted by molar-refractivity contribution is 5.92. The molecule has 0 N–H and O–H groups in total. The van der Waals surface area contributed by atoms with E-state index in [9.17, 15) is 0 Å². The fourth-order valence-electron chi connectivity index (χ4n) is 5.58. The predicted molar refractivity (Wildman–Crippen MR) is 175 cm³/mol. The van der Waals surface area contributed by atoms with E-state index in [1.165, 1.54) is 39.1 Å². The van der Waals surface area contributed by atoms with Crippen molar-refractivity contribution in [1.82, 2.24) is 4.98 Å². The molecule has 42 heavy (non-hydrogen) atoms. The van der Waals surface area contributed by atoms with Gasteiger partial charge in [-0.1, -0.05) is 97.1 Å². The van der Waals surface area contributed by atoms with Gasteiger partial charge in [-0.2, -0.15) is 0 Å². The average molecular weight is 543 g/mol. The van der Waals surface area contributed by atoms with Gasteiger partial charge < -0.3 is 9.32 Å². The van der Waals surface area contributed by atoms with Crippen molar-refractivity contribution >= 4 is 22.5 Å². The molecule has 1 heterocycles. The number of rotatable bonds is 6. The topological polar surface area (TPSA) is 29.3 Å². The molecule has 3 heteroatoms. The van der Waals surface area contributed by atoms with Gasteiger partial charge in [-0.25, -0.2) is 4.98 Å². The Balaban J connectivity index is 1.22. The minimum Gasteiger partial charge on any atom is -0.436 e. The van der Waals surface area contributed by atoms with Gasteiger partial charge >= 0.3 is 0 Å². The van der Waals surface area contributed by atoms with Gasteiger partial charge in [-0.15, -0.1) is 0 Å². The Labute approximate surface area is 246 Å². The SMILES string of the molecule is Cc1cccc(N(C)c2ccc(-c3ccccc3-c3ccccc3-c3ccc(-c4nc5ccccc5o4)cc3)cc2)c1. The Hall–Kier alpha value is -5.41. The smallest absolute Gasteiger partial charge is 0.227 e. The first-order valence-electron chi connectivity index (χ1n) is 14.2. The van der Waals surface area contributed by atoms with Crippen LogP contribution in [0.2, 0.25) is 0 Å². The minimum absolute atomic E-state index is 0.637. The number of oxazole rings is 1. The van der Waals surface area contributed by atoms with Gasteiger partial charge in [0.25, 0.3) is 0 Å². The maximum Gasteiger partial charge on any atom is 0.227 e. The summed E-state index contributed by atoms with van der Waals surface area (Å²) >= 11 is 0. The summed E-state index contributed by atoms with van der Waals surface area (Å²) in [4.78, 5) is 6.89. The van der Waals surface area contributed by atoms with E-state index in [4.69, 9.17) is 4.42 Å². The molecular weight excluding hydrogens is 512 g/mol. The predicted octanol–water partition coefficient (Wildman–Crippen LogP) is 10.6. The maximum atomic E-state index is 6.00. The van der Waals surface area contributed by atoms with Gasteiger partial charge in [0.15, 0.2) is 5.58 Å². The standard InChI is InChI=1S/C39H30N2O/c1-27-10-9-11-32(26-27)41(2)31-24-22-29(23-25-31)34-13-4-6-15-36(34)35-14-5-3-12-33(35)28-18-20-30(21-19-28)39-40-37-16-7-8-17-38(37)42-39/h3-26H,1-2H3. The van der Waals surface area contributed by atoms with Crippen LogP contribution in [0.1, 0.15) is 5.56 Å². The quantitative estimate of drug-likeness (QED) is 0.209. The van der Waals surface area contributed by atoms with Crippen molar-refractivity contribution in [1.29, 1.82) is 0 Å². The number of aryl methyl sites for hydroxylation is 1. The van der Waals surface area contributed by atoms with Gasteiger partial charge in [0.2, 0.25) is 5.89 Å². The highest BCUT2D eigenvalue weighted by Gasteiger charge is 2.14. The fourth-order valence-corrected chi connectivity index (χ4v) is 5.58. The van der Waals surface area contributed by atoms with Gasteiger partial charge in [0.05, 0.1) is 0 Å². The second-order valence-electron chi connectivity index (χ2n) is 10.6. The molecule has 0 aliphatic carbocycles. The van der Waals surface area contributed by atoms with Crippen LogP contribution in [0.15, 0.2) is 150 Å². The molecule has 0 unspecified atom stereocenters. The lowest BCUT2D eigenvalue weighted by Gasteiger charge is -2.21. The monoisotopic (exact) mass is 542 g/mol. The zero-order valence-electron chi connectivity index (χ0n) is 23.7. The third kappa shape index (κ3) is 4.86. The van der Waals surface area contributed by atoms with Gasteiger partial charge in [-0.05, 0) is 94.4 Å². The lowest BCUT2D eigenvalue weighted by atomic mass is 9.89. The second-order valence-corrected chi connectivity index (χ2v) is 10.6. The summed E-state index contributed by atoms with van der Waals surface area (Å²) in [6.45, 7) is 2.13. The molecule has 0 amide bonds. The highest BCUT2D eigenvalue weighted by Crippen LogP contribution is 2.39. The number of anilines is 2. The Kier molecular flexibility index (Phi) is 6.61. The largest absolute Gasteiger partial charge is 0.436 e. The van der Waals surface area contributed by atoms with Gasteiger partial charge in [-0.3, -0.25) is 0 Å². The summed E-state index contributed by atoms with van der Waals surface area (Å²) in [7, 11) is 2.11. The second kappa shape index (κ2) is 10.9. The van der Waals surface area contributed by atoms with E-state index < -0.39 is 0 Å². The molecule has 1 aromatic heterocycles. The number of aromatic nitrogens is 1. The molecule has 3 nitrogen and oxygen atoms in total. The summed E-state index contributed by atoms with van der Waals surface area (Å²) in [6.07, 6.45) is 0. The first-order valence-corrected chi connectivity index (χ1v) is 14.2. The third-order valence-electron chi connectivity index (χ3n) is 7.84. The number of nitrogens with zero attached hydrogens (tertiary/aromatic N) is 2. The molecule has 0 aliphatic heterocycles. The first-order chi connectivity index (χ1) is 20.6. The lowest BCUT2D eigenvalue weighted by Crippen LogP contribution is -2.09. The highest BCUT2D eigenvalue weighted by atomic mass is 16.3. The lowest BCUT2D eigenvalue weighted by molar-refractivity contribution is 0.620. The van der Waals surface area contributed by atoms with Crippen LogP contribution in [0.3, 0.4) is 0 Å². The molecule has 7 rings (SSSR count). The summed E-state index contributed by atoms with van der Waals surface area (Å²) in [5.41, 5.74) is 13.3. The van der Waals surface area contributed by atoms with E-state index in [2.05, 4.69) is 145 Å². The van der Waals surface area contributed by atoms with Crippen molar-refractivity contribution in [2.45, 2.75) is 6.92 Å². The Morgan fingerprint density at radius 1 is 0.500 bits per heavy atom. The van der Waals surface area contributed by atoms with E-state index in [1.54, 1.807) is 0 Å². The van der Waals surface area contributed by atoms with Crippen LogP contribution in [0.25, 0.3) is 55.9 Å². The molecule has 6 aromatic carbocycles. The van der Waals surface area contributed by atoms with Crippen molar-refractivity contribution in [2.24, 2.45) is 0 Å². The minimum atomic E-state index is 0.637. The summed E-state index contributed by atoms with van der Waals surface area (Å²) < 4.78 is 6.00. The van der Waals surface area contributed by atoms with E-state index >= 15 is 0 Å². The molecule has 7 aromatic rings. The number of fused-ring (bicyclic) bond motifs is 1. The van der Waals surface area contributed by atoms with Crippen LogP contribution >= 0.6 is 0 Å². The van der Waals surface area contributed by atoms with Gasteiger partial charge in [0, 0.05) is 24.0 Å². The van der Waals surface area contributed by atoms with Crippen molar-refractivity contribution in [2.75, 3.05) is 11.9 Å². The molecule has 0 radical (unpaired) electrons. The molecule has 202 valence electrons. The third-order valence-corrected chi connectivity index (χ3v) is 7.84. The van der Waals surface area contributed by atoms with Crippen molar-refractivity contribution in [3.63, 3.8) is 0 Å².